The molecule has 0 aliphatic heterocycles. The minimum atomic E-state index is -0.221. The number of H-pyrrole nitrogens is 1. The smallest absolute Gasteiger partial charge is 0.264 e. The lowest BCUT2D eigenvalue weighted by molar-refractivity contribution is 0.0786. The monoisotopic (exact) mass is 445 g/mol. The topological polar surface area (TPSA) is 105 Å². The van der Waals surface area contributed by atoms with Crippen LogP contribution in [0.5, 0.6) is 0 Å². The second-order valence-electron chi connectivity index (χ2n) is 7.54. The Morgan fingerprint density at radius 2 is 1.94 bits per heavy atom. The molecule has 0 unspecified atom stereocenters. The molecule has 0 saturated carbocycles. The fraction of sp³-hybridized carbons (Fsp3) is 0.174. The number of carbonyl (C=O) groups excluding carboxylic acids is 1. The van der Waals surface area contributed by atoms with E-state index in [1.54, 1.807) is 48.5 Å². The molecule has 0 bridgehead atoms. The predicted molar refractivity (Wildman–Crippen MR) is 123 cm³/mol. The van der Waals surface area contributed by atoms with E-state index in [9.17, 15) is 9.59 Å². The second kappa shape index (κ2) is 7.69. The van der Waals surface area contributed by atoms with Crippen LogP contribution < -0.4 is 5.56 Å². The van der Waals surface area contributed by atoms with Gasteiger partial charge in [0.05, 0.1) is 34.3 Å². The highest BCUT2D eigenvalue weighted by atomic mass is 32.1. The first kappa shape index (κ1) is 20.1. The van der Waals surface area contributed by atoms with Gasteiger partial charge in [0.25, 0.3) is 11.5 Å². The summed E-state index contributed by atoms with van der Waals surface area (Å²) >= 11 is 1.33. The van der Waals surface area contributed by atoms with Crippen LogP contribution in [0.1, 0.15) is 26.8 Å². The minimum absolute atomic E-state index is 0.166. The number of hydrogen-bond acceptors (Lipinski definition) is 7. The summed E-state index contributed by atoms with van der Waals surface area (Å²) in [4.78, 5) is 44.9. The summed E-state index contributed by atoms with van der Waals surface area (Å²) in [5.74, 6) is 1.34. The van der Waals surface area contributed by atoms with Gasteiger partial charge in [0, 0.05) is 12.4 Å². The minimum Gasteiger partial charge on any atom is -0.461 e. The summed E-state index contributed by atoms with van der Waals surface area (Å²) in [5, 5.41) is 1.39. The number of aryl methyl sites for hydroxylation is 2. The molecular weight excluding hydrogens is 426 g/mol. The molecule has 1 N–H and O–H groups in total. The number of nitrogens with zero attached hydrogens (tertiary/aromatic N) is 4. The van der Waals surface area contributed by atoms with Crippen molar-refractivity contribution in [1.82, 2.24) is 24.8 Å². The molecule has 1 aromatic carbocycles. The van der Waals surface area contributed by atoms with Gasteiger partial charge >= 0.3 is 0 Å². The fourth-order valence-corrected chi connectivity index (χ4v) is 4.97. The number of furan rings is 1. The molecule has 4 aromatic heterocycles. The average molecular weight is 446 g/mol. The van der Waals surface area contributed by atoms with Crippen LogP contribution in [0.3, 0.4) is 0 Å². The van der Waals surface area contributed by atoms with Crippen molar-refractivity contribution in [1.29, 1.82) is 0 Å². The maximum absolute atomic E-state index is 13.3. The summed E-state index contributed by atoms with van der Waals surface area (Å²) in [5.41, 5.74) is 2.00. The number of rotatable bonds is 4. The highest BCUT2D eigenvalue weighted by molar-refractivity contribution is 7.20. The highest BCUT2D eigenvalue weighted by Gasteiger charge is 2.23. The van der Waals surface area contributed by atoms with Crippen LogP contribution >= 0.6 is 11.3 Å². The molecule has 0 aliphatic rings. The maximum atomic E-state index is 13.3. The molecule has 0 radical (unpaired) electrons. The number of thiophene rings is 1. The van der Waals surface area contributed by atoms with E-state index in [0.29, 0.717) is 33.2 Å². The number of hydrogen-bond donors (Lipinski definition) is 1. The van der Waals surface area contributed by atoms with Crippen LogP contribution in [-0.4, -0.2) is 37.8 Å². The molecule has 8 nitrogen and oxygen atoms in total. The third kappa shape index (κ3) is 3.36. The summed E-state index contributed by atoms with van der Waals surface area (Å²) < 4.78 is 5.42. The van der Waals surface area contributed by atoms with E-state index < -0.39 is 0 Å². The molecule has 9 heteroatoms. The van der Waals surface area contributed by atoms with Crippen molar-refractivity contribution in [3.8, 4) is 11.6 Å². The van der Waals surface area contributed by atoms with Crippen molar-refractivity contribution >= 4 is 38.4 Å². The quantitative estimate of drug-likeness (QED) is 0.447. The van der Waals surface area contributed by atoms with E-state index in [-0.39, 0.29) is 18.0 Å². The van der Waals surface area contributed by atoms with Crippen molar-refractivity contribution in [2.75, 3.05) is 7.05 Å². The van der Waals surface area contributed by atoms with Crippen molar-refractivity contribution < 1.29 is 9.21 Å². The van der Waals surface area contributed by atoms with Crippen LogP contribution in [0.4, 0.5) is 0 Å². The van der Waals surface area contributed by atoms with Crippen LogP contribution in [0.2, 0.25) is 0 Å². The van der Waals surface area contributed by atoms with E-state index >= 15 is 0 Å². The lowest BCUT2D eigenvalue weighted by Crippen LogP contribution is -2.28. The predicted octanol–water partition coefficient (Wildman–Crippen LogP) is 4.08. The lowest BCUT2D eigenvalue weighted by Gasteiger charge is -2.16. The third-order valence-electron chi connectivity index (χ3n) is 5.30. The first-order valence-corrected chi connectivity index (χ1v) is 10.8. The third-order valence-corrected chi connectivity index (χ3v) is 6.48. The van der Waals surface area contributed by atoms with Crippen LogP contribution in [0, 0.1) is 13.8 Å². The van der Waals surface area contributed by atoms with Gasteiger partial charge in [-0.15, -0.1) is 11.3 Å². The summed E-state index contributed by atoms with van der Waals surface area (Å²) in [6.07, 6.45) is 1.58. The zero-order valence-electron chi connectivity index (χ0n) is 17.7. The first-order chi connectivity index (χ1) is 15.4. The zero-order chi connectivity index (χ0) is 22.4. The molecule has 0 atom stereocenters. The molecule has 5 aromatic rings. The van der Waals surface area contributed by atoms with Crippen LogP contribution in [0.15, 0.2) is 51.9 Å². The van der Waals surface area contributed by atoms with Gasteiger partial charge in [-0.2, -0.15) is 0 Å². The molecule has 0 aliphatic carbocycles. The van der Waals surface area contributed by atoms with Crippen molar-refractivity contribution in [3.05, 3.63) is 75.0 Å². The second-order valence-corrected chi connectivity index (χ2v) is 8.54. The van der Waals surface area contributed by atoms with Gasteiger partial charge in [-0.25, -0.2) is 15.0 Å². The van der Waals surface area contributed by atoms with Crippen LogP contribution in [-0.2, 0) is 6.54 Å². The number of fused-ring (bicyclic) bond motifs is 2. The number of nitrogens with one attached hydrogen (secondary N) is 1. The SMILES string of the molecule is Cc1nc(-c2ccco2)nc2sc(C(=O)N(C)Cc3nc4ccccc4c(=O)[nH]3)c(C)c12. The molecular formula is C23H19N5O3S. The zero-order valence-corrected chi connectivity index (χ0v) is 18.5. The van der Waals surface area contributed by atoms with E-state index in [4.69, 9.17) is 4.42 Å². The number of aromatic nitrogens is 4. The van der Waals surface area contributed by atoms with E-state index in [1.165, 1.54) is 11.3 Å². The Morgan fingerprint density at radius 1 is 1.12 bits per heavy atom. The molecule has 4 heterocycles. The normalized spacial score (nSPS) is 11.3. The van der Waals surface area contributed by atoms with E-state index in [1.807, 2.05) is 19.9 Å². The summed E-state index contributed by atoms with van der Waals surface area (Å²) in [7, 11) is 1.69. The lowest BCUT2D eigenvalue weighted by atomic mass is 10.1. The molecule has 0 fully saturated rings. The van der Waals surface area contributed by atoms with Gasteiger partial charge in [-0.1, -0.05) is 12.1 Å². The molecule has 0 spiro atoms. The van der Waals surface area contributed by atoms with Crippen LogP contribution in [0.25, 0.3) is 32.7 Å². The van der Waals surface area contributed by atoms with Gasteiger partial charge < -0.3 is 14.3 Å². The number of carbonyl (C=O) groups is 1. The average Bonchev–Trinajstić information content (AvgIpc) is 3.42. The standard InChI is InChI=1S/C23H19N5O3S/c1-12-18-13(2)24-20(16-9-6-10-31-16)27-22(18)32-19(12)23(30)28(3)11-17-25-15-8-5-4-7-14(15)21(29)26-17/h4-10H,11H2,1-3H3,(H,25,26,29). The number of para-hydroxylation sites is 1. The maximum Gasteiger partial charge on any atom is 0.264 e. The fourth-order valence-electron chi connectivity index (χ4n) is 3.74. The summed E-state index contributed by atoms with van der Waals surface area (Å²) in [6.45, 7) is 3.98. The molecule has 0 saturated heterocycles. The molecule has 160 valence electrons. The van der Waals surface area contributed by atoms with E-state index in [2.05, 4.69) is 19.9 Å². The Balaban J connectivity index is 1.48. The van der Waals surface area contributed by atoms with E-state index in [0.717, 1.165) is 21.5 Å². The Hall–Kier alpha value is -3.85. The van der Waals surface area contributed by atoms with Gasteiger partial charge in [0.15, 0.2) is 11.6 Å². The largest absolute Gasteiger partial charge is 0.461 e. The van der Waals surface area contributed by atoms with Gasteiger partial charge in [0.1, 0.15) is 10.7 Å². The molecule has 5 rings (SSSR count). The first-order valence-electron chi connectivity index (χ1n) is 9.97. The van der Waals surface area contributed by atoms with Crippen molar-refractivity contribution in [2.24, 2.45) is 0 Å². The van der Waals surface area contributed by atoms with Gasteiger partial charge in [-0.05, 0) is 43.7 Å². The summed E-state index contributed by atoms with van der Waals surface area (Å²) in [6, 6.07) is 10.7. The highest BCUT2D eigenvalue weighted by Crippen LogP contribution is 2.33. The Labute approximate surface area is 186 Å². The number of amides is 1. The van der Waals surface area contributed by atoms with Crippen molar-refractivity contribution in [3.63, 3.8) is 0 Å². The molecule has 1 amide bonds. The Kier molecular flexibility index (Phi) is 4.82. The van der Waals surface area contributed by atoms with Gasteiger partial charge in [-0.3, -0.25) is 9.59 Å². The van der Waals surface area contributed by atoms with Crippen molar-refractivity contribution in [2.45, 2.75) is 20.4 Å². The Morgan fingerprint density at radius 3 is 2.72 bits per heavy atom. The van der Waals surface area contributed by atoms with Gasteiger partial charge in [0.2, 0.25) is 0 Å². The molecule has 32 heavy (non-hydrogen) atoms. The Bertz CT molecular complexity index is 1540. The number of aromatic amines is 1. The number of benzene rings is 1.